The van der Waals surface area contributed by atoms with Gasteiger partial charge in [0, 0.05) is 17.3 Å². The number of aromatic nitrogens is 1. The maximum atomic E-state index is 11.8. The molecule has 1 unspecified atom stereocenters. The summed E-state index contributed by atoms with van der Waals surface area (Å²) in [5, 5.41) is 2.69. The summed E-state index contributed by atoms with van der Waals surface area (Å²) in [4.78, 5) is 28.2. The molecule has 0 spiro atoms. The molecule has 1 atom stereocenters. The summed E-state index contributed by atoms with van der Waals surface area (Å²) < 4.78 is 4.67. The molecule has 1 aromatic rings. The number of ether oxygens (including phenoxy) is 1. The number of carbonyl (C=O) groups is 2. The van der Waals surface area contributed by atoms with E-state index in [9.17, 15) is 9.59 Å². The van der Waals surface area contributed by atoms with E-state index >= 15 is 0 Å². The van der Waals surface area contributed by atoms with Crippen molar-refractivity contribution >= 4 is 23.6 Å². The molecule has 0 radical (unpaired) electrons. The standard InChI is InChI=1S/C13H18N2O3S/c1-9(2)12(13(17)18-3)15-11(16)8-19-10-4-6-14-7-5-10/h4-7,9,12H,8H2,1-3H3,(H,15,16). The van der Waals surface area contributed by atoms with Crippen LogP contribution in [-0.4, -0.2) is 35.8 Å². The Balaban J connectivity index is 2.47. The van der Waals surface area contributed by atoms with Crippen LogP contribution in [-0.2, 0) is 14.3 Å². The molecule has 104 valence electrons. The molecule has 6 heteroatoms. The predicted octanol–water partition coefficient (Wildman–Crippen LogP) is 1.49. The lowest BCUT2D eigenvalue weighted by Gasteiger charge is -2.19. The van der Waals surface area contributed by atoms with Crippen molar-refractivity contribution in [1.29, 1.82) is 0 Å². The van der Waals surface area contributed by atoms with Crippen LogP contribution in [0.3, 0.4) is 0 Å². The van der Waals surface area contributed by atoms with Crippen molar-refractivity contribution in [1.82, 2.24) is 10.3 Å². The molecule has 1 rings (SSSR count). The Kier molecular flexibility index (Phi) is 6.35. The SMILES string of the molecule is COC(=O)C(NC(=O)CSc1ccncc1)C(C)C. The zero-order valence-electron chi connectivity index (χ0n) is 11.3. The van der Waals surface area contributed by atoms with Crippen LogP contribution >= 0.6 is 11.8 Å². The highest BCUT2D eigenvalue weighted by Crippen LogP contribution is 2.15. The summed E-state index contributed by atoms with van der Waals surface area (Å²) in [5.41, 5.74) is 0. The first-order valence-corrected chi connectivity index (χ1v) is 6.93. The molecule has 1 aromatic heterocycles. The van der Waals surface area contributed by atoms with Crippen LogP contribution in [0.15, 0.2) is 29.4 Å². The summed E-state index contributed by atoms with van der Waals surface area (Å²) in [6, 6.07) is 3.06. The van der Waals surface area contributed by atoms with Gasteiger partial charge in [-0.05, 0) is 18.1 Å². The minimum absolute atomic E-state index is 0.0117. The molecular weight excluding hydrogens is 264 g/mol. The number of esters is 1. The van der Waals surface area contributed by atoms with Gasteiger partial charge in [-0.3, -0.25) is 9.78 Å². The predicted molar refractivity (Wildman–Crippen MR) is 73.7 cm³/mol. The molecule has 0 aliphatic carbocycles. The highest BCUT2D eigenvalue weighted by Gasteiger charge is 2.24. The highest BCUT2D eigenvalue weighted by atomic mass is 32.2. The Bertz CT molecular complexity index is 423. The van der Waals surface area contributed by atoms with E-state index in [1.807, 2.05) is 26.0 Å². The Morgan fingerprint density at radius 3 is 2.53 bits per heavy atom. The summed E-state index contributed by atoms with van der Waals surface area (Å²) in [5.74, 6) is -0.366. The van der Waals surface area contributed by atoms with Crippen LogP contribution in [0.4, 0.5) is 0 Å². The van der Waals surface area contributed by atoms with E-state index in [1.54, 1.807) is 12.4 Å². The van der Waals surface area contributed by atoms with Gasteiger partial charge in [-0.1, -0.05) is 13.8 Å². The van der Waals surface area contributed by atoms with E-state index < -0.39 is 12.0 Å². The fraction of sp³-hybridized carbons (Fsp3) is 0.462. The number of pyridine rings is 1. The lowest BCUT2D eigenvalue weighted by Crippen LogP contribution is -2.45. The molecular formula is C13H18N2O3S. The minimum Gasteiger partial charge on any atom is -0.467 e. The van der Waals surface area contributed by atoms with Gasteiger partial charge in [0.2, 0.25) is 5.91 Å². The topological polar surface area (TPSA) is 68.3 Å². The lowest BCUT2D eigenvalue weighted by molar-refractivity contribution is -0.146. The van der Waals surface area contributed by atoms with E-state index in [0.29, 0.717) is 0 Å². The van der Waals surface area contributed by atoms with E-state index in [2.05, 4.69) is 15.0 Å². The third-order valence-electron chi connectivity index (χ3n) is 2.46. The summed E-state index contributed by atoms with van der Waals surface area (Å²) in [6.07, 6.45) is 3.34. The van der Waals surface area contributed by atoms with Gasteiger partial charge >= 0.3 is 5.97 Å². The largest absolute Gasteiger partial charge is 0.467 e. The zero-order chi connectivity index (χ0) is 14.3. The average Bonchev–Trinajstić information content (AvgIpc) is 2.42. The number of thioether (sulfide) groups is 1. The van der Waals surface area contributed by atoms with Crippen molar-refractivity contribution in [2.75, 3.05) is 12.9 Å². The molecule has 0 bridgehead atoms. The fourth-order valence-corrected chi connectivity index (χ4v) is 2.12. The smallest absolute Gasteiger partial charge is 0.328 e. The molecule has 1 amide bonds. The normalized spacial score (nSPS) is 12.0. The number of hydrogen-bond donors (Lipinski definition) is 1. The third-order valence-corrected chi connectivity index (χ3v) is 3.47. The summed E-state index contributed by atoms with van der Waals surface area (Å²) in [7, 11) is 1.32. The van der Waals surface area contributed by atoms with Crippen molar-refractivity contribution in [2.45, 2.75) is 24.8 Å². The van der Waals surface area contributed by atoms with Crippen LogP contribution in [0, 0.1) is 5.92 Å². The zero-order valence-corrected chi connectivity index (χ0v) is 12.1. The second-order valence-electron chi connectivity index (χ2n) is 4.28. The number of nitrogens with zero attached hydrogens (tertiary/aromatic N) is 1. The highest BCUT2D eigenvalue weighted by molar-refractivity contribution is 8.00. The van der Waals surface area contributed by atoms with Gasteiger partial charge in [0.1, 0.15) is 6.04 Å². The first-order chi connectivity index (χ1) is 9.04. The number of nitrogens with one attached hydrogen (secondary N) is 1. The lowest BCUT2D eigenvalue weighted by atomic mass is 10.1. The molecule has 0 fully saturated rings. The maximum absolute atomic E-state index is 11.8. The van der Waals surface area contributed by atoms with Gasteiger partial charge in [0.25, 0.3) is 0 Å². The van der Waals surface area contributed by atoms with Gasteiger partial charge in [-0.25, -0.2) is 4.79 Å². The van der Waals surface area contributed by atoms with Crippen LogP contribution in [0.1, 0.15) is 13.8 Å². The van der Waals surface area contributed by atoms with Crippen molar-refractivity contribution in [3.63, 3.8) is 0 Å². The number of rotatable bonds is 6. The molecule has 5 nitrogen and oxygen atoms in total. The van der Waals surface area contributed by atoms with E-state index in [1.165, 1.54) is 18.9 Å². The van der Waals surface area contributed by atoms with Crippen molar-refractivity contribution in [3.05, 3.63) is 24.5 Å². The van der Waals surface area contributed by atoms with Gasteiger partial charge < -0.3 is 10.1 Å². The van der Waals surface area contributed by atoms with Crippen molar-refractivity contribution in [3.8, 4) is 0 Å². The molecule has 19 heavy (non-hydrogen) atoms. The van der Waals surface area contributed by atoms with Crippen LogP contribution in [0.5, 0.6) is 0 Å². The number of methoxy groups -OCH3 is 1. The molecule has 0 aromatic carbocycles. The fourth-order valence-electron chi connectivity index (χ4n) is 1.42. The summed E-state index contributed by atoms with van der Waals surface area (Å²) in [6.45, 7) is 3.72. The number of carbonyl (C=O) groups excluding carboxylic acids is 2. The minimum atomic E-state index is -0.601. The number of hydrogen-bond acceptors (Lipinski definition) is 5. The molecule has 0 aliphatic rings. The Labute approximate surface area is 117 Å². The second kappa shape index (κ2) is 7.78. The van der Waals surface area contributed by atoms with E-state index in [0.717, 1.165) is 4.90 Å². The maximum Gasteiger partial charge on any atom is 0.328 e. The van der Waals surface area contributed by atoms with Crippen LogP contribution < -0.4 is 5.32 Å². The van der Waals surface area contributed by atoms with Gasteiger partial charge in [-0.2, -0.15) is 0 Å². The second-order valence-corrected chi connectivity index (χ2v) is 5.33. The molecule has 1 heterocycles. The summed E-state index contributed by atoms with van der Waals surface area (Å²) >= 11 is 1.40. The Morgan fingerprint density at radius 2 is 2.00 bits per heavy atom. The van der Waals surface area contributed by atoms with Crippen molar-refractivity contribution in [2.24, 2.45) is 5.92 Å². The Morgan fingerprint density at radius 1 is 1.37 bits per heavy atom. The van der Waals surface area contributed by atoms with Gasteiger partial charge in [0.15, 0.2) is 0 Å². The molecule has 0 aliphatic heterocycles. The van der Waals surface area contributed by atoms with Crippen molar-refractivity contribution < 1.29 is 14.3 Å². The first kappa shape index (κ1) is 15.5. The van der Waals surface area contributed by atoms with E-state index in [4.69, 9.17) is 0 Å². The van der Waals surface area contributed by atoms with Gasteiger partial charge in [-0.15, -0.1) is 11.8 Å². The molecule has 1 N–H and O–H groups in total. The van der Waals surface area contributed by atoms with Gasteiger partial charge in [0.05, 0.1) is 12.9 Å². The average molecular weight is 282 g/mol. The van der Waals surface area contributed by atoms with Crippen LogP contribution in [0.2, 0.25) is 0 Å². The number of amides is 1. The third kappa shape index (κ3) is 5.30. The van der Waals surface area contributed by atoms with Crippen LogP contribution in [0.25, 0.3) is 0 Å². The first-order valence-electron chi connectivity index (χ1n) is 5.94. The quantitative estimate of drug-likeness (QED) is 0.632. The molecule has 0 saturated heterocycles. The Hall–Kier alpha value is -1.56. The monoisotopic (exact) mass is 282 g/mol. The van der Waals surface area contributed by atoms with E-state index in [-0.39, 0.29) is 17.6 Å². The molecule has 0 saturated carbocycles.